The fourth-order valence-corrected chi connectivity index (χ4v) is 5.44. The molecule has 0 radical (unpaired) electrons. The molecule has 0 unspecified atom stereocenters. The van der Waals surface area contributed by atoms with Gasteiger partial charge in [0.25, 0.3) is 10.0 Å². The van der Waals surface area contributed by atoms with Crippen molar-refractivity contribution in [2.24, 2.45) is 5.92 Å². The maximum absolute atomic E-state index is 13.8. The van der Waals surface area contributed by atoms with Crippen LogP contribution in [0.25, 0.3) is 0 Å². The van der Waals surface area contributed by atoms with Gasteiger partial charge in [0.05, 0.1) is 10.6 Å². The number of nitrogens with zero attached hydrogens (tertiary/aromatic N) is 2. The second kappa shape index (κ2) is 13.1. The van der Waals surface area contributed by atoms with Crippen LogP contribution >= 0.6 is 23.2 Å². The Morgan fingerprint density at radius 1 is 0.868 bits per heavy atom. The van der Waals surface area contributed by atoms with Gasteiger partial charge < -0.3 is 10.2 Å². The predicted octanol–water partition coefficient (Wildman–Crippen LogP) is 5.38. The quantitative estimate of drug-likeness (QED) is 0.332. The topological polar surface area (TPSA) is 86.8 Å². The molecule has 0 aromatic heterocycles. The number of nitrogens with one attached hydrogen (secondary N) is 1. The first-order chi connectivity index (χ1) is 18.0. The average Bonchev–Trinajstić information content (AvgIpc) is 2.90. The van der Waals surface area contributed by atoms with E-state index < -0.39 is 28.5 Å². The molecule has 0 saturated carbocycles. The summed E-state index contributed by atoms with van der Waals surface area (Å²) >= 11 is 12.3. The van der Waals surface area contributed by atoms with Gasteiger partial charge in [-0.05, 0) is 60.9 Å². The lowest BCUT2D eigenvalue weighted by Crippen LogP contribution is -2.51. The number of amides is 2. The van der Waals surface area contributed by atoms with Gasteiger partial charge in [0.2, 0.25) is 11.8 Å². The van der Waals surface area contributed by atoms with Crippen molar-refractivity contribution in [3.8, 4) is 0 Å². The van der Waals surface area contributed by atoms with Crippen LogP contribution in [0.3, 0.4) is 0 Å². The van der Waals surface area contributed by atoms with Crippen LogP contribution in [0.4, 0.5) is 5.69 Å². The molecule has 202 valence electrons. The average molecular weight is 577 g/mol. The smallest absolute Gasteiger partial charge is 0.264 e. The third-order valence-corrected chi connectivity index (χ3v) is 8.28. The maximum atomic E-state index is 13.8. The summed E-state index contributed by atoms with van der Waals surface area (Å²) in [4.78, 5) is 28.2. The van der Waals surface area contributed by atoms with Crippen molar-refractivity contribution in [3.05, 3.63) is 94.5 Å². The molecule has 3 aromatic carbocycles. The monoisotopic (exact) mass is 575 g/mol. The number of rotatable bonds is 11. The van der Waals surface area contributed by atoms with E-state index in [4.69, 9.17) is 23.2 Å². The van der Waals surface area contributed by atoms with E-state index in [9.17, 15) is 18.0 Å². The third-order valence-electron chi connectivity index (χ3n) is 5.88. The zero-order valence-corrected chi connectivity index (χ0v) is 23.8. The second-order valence-corrected chi connectivity index (χ2v) is 11.9. The molecule has 0 fully saturated rings. The standard InChI is InChI=1S/C28H31Cl2N3O4S/c1-20(2)17-31-28(35)21(3)32(18-22-9-7-8-12-26(22)30)27(34)19-33(24-10-5-4-6-11-24)38(36,37)25-15-13-23(29)14-16-25/h4-16,20-21H,17-19H2,1-3H3,(H,31,35)/t21-/m1/s1. The maximum Gasteiger partial charge on any atom is 0.264 e. The van der Waals surface area contributed by atoms with Crippen LogP contribution in [0.15, 0.2) is 83.8 Å². The zero-order chi connectivity index (χ0) is 27.9. The summed E-state index contributed by atoms with van der Waals surface area (Å²) in [7, 11) is -4.15. The number of halogens is 2. The van der Waals surface area contributed by atoms with E-state index in [1.807, 2.05) is 13.8 Å². The van der Waals surface area contributed by atoms with Crippen LogP contribution in [-0.4, -0.2) is 44.3 Å². The number of benzene rings is 3. The van der Waals surface area contributed by atoms with Gasteiger partial charge in [-0.3, -0.25) is 13.9 Å². The Balaban J connectivity index is 1.99. The van der Waals surface area contributed by atoms with Crippen molar-refractivity contribution in [1.29, 1.82) is 0 Å². The highest BCUT2D eigenvalue weighted by Crippen LogP contribution is 2.26. The molecule has 3 aromatic rings. The Hall–Kier alpha value is -3.07. The van der Waals surface area contributed by atoms with Crippen molar-refractivity contribution >= 4 is 50.7 Å². The van der Waals surface area contributed by atoms with E-state index in [2.05, 4.69) is 5.32 Å². The second-order valence-electron chi connectivity index (χ2n) is 9.23. The van der Waals surface area contributed by atoms with Crippen LogP contribution in [0.5, 0.6) is 0 Å². The Bertz CT molecular complexity index is 1350. The van der Waals surface area contributed by atoms with Gasteiger partial charge in [-0.15, -0.1) is 0 Å². The highest BCUT2D eigenvalue weighted by molar-refractivity contribution is 7.92. The number of hydrogen-bond donors (Lipinski definition) is 1. The molecule has 38 heavy (non-hydrogen) atoms. The molecule has 0 saturated heterocycles. The summed E-state index contributed by atoms with van der Waals surface area (Å²) in [5.74, 6) is -0.679. The Labute approximate surface area is 234 Å². The molecule has 1 N–H and O–H groups in total. The zero-order valence-electron chi connectivity index (χ0n) is 21.5. The van der Waals surface area contributed by atoms with Crippen LogP contribution in [0.1, 0.15) is 26.3 Å². The summed E-state index contributed by atoms with van der Waals surface area (Å²) in [6, 6.07) is 20.2. The molecule has 3 rings (SSSR count). The molecule has 1 atom stereocenters. The lowest BCUT2D eigenvalue weighted by molar-refractivity contribution is -0.139. The first-order valence-corrected chi connectivity index (χ1v) is 14.3. The van der Waals surface area contributed by atoms with Crippen molar-refractivity contribution < 1.29 is 18.0 Å². The molecule has 0 aliphatic carbocycles. The fraction of sp³-hybridized carbons (Fsp3) is 0.286. The van der Waals surface area contributed by atoms with Crippen molar-refractivity contribution in [3.63, 3.8) is 0 Å². The first kappa shape index (κ1) is 29.5. The van der Waals surface area contributed by atoms with Gasteiger partial charge in [0.1, 0.15) is 12.6 Å². The van der Waals surface area contributed by atoms with Crippen molar-refractivity contribution in [2.45, 2.75) is 38.3 Å². The summed E-state index contributed by atoms with van der Waals surface area (Å²) < 4.78 is 28.5. The molecule has 0 heterocycles. The van der Waals surface area contributed by atoms with Crippen molar-refractivity contribution in [1.82, 2.24) is 10.2 Å². The molecule has 0 aliphatic rings. The predicted molar refractivity (Wildman–Crippen MR) is 152 cm³/mol. The minimum absolute atomic E-state index is 0.0149. The summed E-state index contributed by atoms with van der Waals surface area (Å²) in [5.41, 5.74) is 0.947. The highest BCUT2D eigenvalue weighted by atomic mass is 35.5. The molecule has 0 spiro atoms. The van der Waals surface area contributed by atoms with E-state index in [0.717, 1.165) is 4.31 Å². The largest absolute Gasteiger partial charge is 0.354 e. The minimum atomic E-state index is -4.15. The normalized spacial score (nSPS) is 12.2. The lowest BCUT2D eigenvalue weighted by atomic mass is 10.1. The number of carbonyl (C=O) groups excluding carboxylic acids is 2. The molecular weight excluding hydrogens is 545 g/mol. The van der Waals surface area contributed by atoms with Crippen LogP contribution < -0.4 is 9.62 Å². The van der Waals surface area contributed by atoms with E-state index >= 15 is 0 Å². The summed E-state index contributed by atoms with van der Waals surface area (Å²) in [6.07, 6.45) is 0. The third kappa shape index (κ3) is 7.49. The van der Waals surface area contributed by atoms with Gasteiger partial charge in [-0.25, -0.2) is 8.42 Å². The van der Waals surface area contributed by atoms with Crippen LogP contribution in [-0.2, 0) is 26.2 Å². The molecule has 0 aliphatic heterocycles. The van der Waals surface area contributed by atoms with E-state index in [0.29, 0.717) is 27.8 Å². The van der Waals surface area contributed by atoms with E-state index in [1.54, 1.807) is 61.5 Å². The molecule has 0 bridgehead atoms. The van der Waals surface area contributed by atoms with Gasteiger partial charge in [0, 0.05) is 23.1 Å². The van der Waals surface area contributed by atoms with Crippen LogP contribution in [0, 0.1) is 5.92 Å². The number of carbonyl (C=O) groups is 2. The molecule has 7 nitrogen and oxygen atoms in total. The summed E-state index contributed by atoms with van der Waals surface area (Å²) in [6.45, 7) is 5.50. The van der Waals surface area contributed by atoms with Gasteiger partial charge in [-0.1, -0.05) is 73.4 Å². The molecular formula is C28H31Cl2N3O4S. The minimum Gasteiger partial charge on any atom is -0.354 e. The fourth-order valence-electron chi connectivity index (χ4n) is 3.70. The van der Waals surface area contributed by atoms with Gasteiger partial charge in [-0.2, -0.15) is 0 Å². The Morgan fingerprint density at radius 2 is 1.47 bits per heavy atom. The number of anilines is 1. The lowest BCUT2D eigenvalue weighted by Gasteiger charge is -2.32. The first-order valence-electron chi connectivity index (χ1n) is 12.1. The number of sulfonamides is 1. The molecule has 2 amide bonds. The number of para-hydroxylation sites is 1. The Morgan fingerprint density at radius 3 is 2.08 bits per heavy atom. The van der Waals surface area contributed by atoms with Crippen LogP contribution in [0.2, 0.25) is 10.0 Å². The van der Waals surface area contributed by atoms with E-state index in [-0.39, 0.29) is 23.3 Å². The van der Waals surface area contributed by atoms with E-state index in [1.165, 1.54) is 29.2 Å². The van der Waals surface area contributed by atoms with Crippen molar-refractivity contribution in [2.75, 3.05) is 17.4 Å². The van der Waals surface area contributed by atoms with Gasteiger partial charge in [0.15, 0.2) is 0 Å². The number of hydrogen-bond acceptors (Lipinski definition) is 4. The summed E-state index contributed by atoms with van der Waals surface area (Å²) in [5, 5.41) is 3.68. The van der Waals surface area contributed by atoms with Gasteiger partial charge >= 0.3 is 0 Å². The highest BCUT2D eigenvalue weighted by Gasteiger charge is 2.32. The Kier molecular flexibility index (Phi) is 10.2. The molecule has 10 heteroatoms. The SMILES string of the molecule is CC(C)CNC(=O)[C@@H](C)N(Cc1ccccc1Cl)C(=O)CN(c1ccccc1)S(=O)(=O)c1ccc(Cl)cc1.